The largest absolute Gasteiger partial charge is 0.459 e. The van der Waals surface area contributed by atoms with Gasteiger partial charge in [-0.25, -0.2) is 10.8 Å². The van der Waals surface area contributed by atoms with Crippen molar-refractivity contribution in [1.82, 2.24) is 5.43 Å². The van der Waals surface area contributed by atoms with Gasteiger partial charge in [0.2, 0.25) is 5.96 Å². The number of alkyl halides is 7. The van der Waals surface area contributed by atoms with Gasteiger partial charge in [-0.15, -0.1) is 0 Å². The van der Waals surface area contributed by atoms with Crippen molar-refractivity contribution in [2.45, 2.75) is 18.0 Å². The number of guanidine groups is 1. The van der Waals surface area contributed by atoms with E-state index in [1.165, 1.54) is 5.43 Å². The number of nitrogens with two attached hydrogens (primary N) is 2. The Bertz CT molecular complexity index is 270. The summed E-state index contributed by atoms with van der Waals surface area (Å²) in [6.45, 7) is -2.14. The van der Waals surface area contributed by atoms with Gasteiger partial charge in [0.1, 0.15) is 6.54 Å². The van der Waals surface area contributed by atoms with Crippen molar-refractivity contribution in [1.29, 1.82) is 0 Å². The minimum absolute atomic E-state index is 0.891. The van der Waals surface area contributed by atoms with Gasteiger partial charge in [0, 0.05) is 0 Å². The first kappa shape index (κ1) is 14.7. The van der Waals surface area contributed by atoms with E-state index in [-0.39, 0.29) is 0 Å². The molecule has 0 rings (SSSR count). The van der Waals surface area contributed by atoms with Crippen molar-refractivity contribution in [2.75, 3.05) is 6.54 Å². The first-order valence-electron chi connectivity index (χ1n) is 3.54. The number of hydrogen-bond acceptors (Lipinski definition) is 2. The molecule has 5 N–H and O–H groups in total. The SMILES string of the molecule is NNC(N)=NCC(F)(F)C(F)(F)C(F)(F)F. The summed E-state index contributed by atoms with van der Waals surface area (Å²) in [6, 6.07) is 0. The van der Waals surface area contributed by atoms with Gasteiger partial charge in [0.25, 0.3) is 0 Å². The molecule has 0 saturated carbocycles. The van der Waals surface area contributed by atoms with E-state index >= 15 is 0 Å². The second kappa shape index (κ2) is 4.31. The molecular weight excluding hydrogens is 249 g/mol. The number of nitrogens with zero attached hydrogens (tertiary/aromatic N) is 1. The second-order valence-electron chi connectivity index (χ2n) is 2.62. The molecule has 16 heavy (non-hydrogen) atoms. The van der Waals surface area contributed by atoms with Crippen molar-refractivity contribution < 1.29 is 30.7 Å². The van der Waals surface area contributed by atoms with Crippen LogP contribution in [0.1, 0.15) is 0 Å². The predicted molar refractivity (Wildman–Crippen MR) is 39.8 cm³/mol. The van der Waals surface area contributed by atoms with Crippen molar-refractivity contribution >= 4 is 5.96 Å². The second-order valence-corrected chi connectivity index (χ2v) is 2.62. The molecule has 0 aromatic heterocycles. The minimum atomic E-state index is -6.38. The molecule has 0 amide bonds. The topological polar surface area (TPSA) is 76.4 Å². The molecule has 0 unspecified atom stereocenters. The molecule has 0 fully saturated rings. The van der Waals surface area contributed by atoms with Crippen molar-refractivity contribution in [3.05, 3.63) is 0 Å². The molecular formula is C5H7F7N4. The molecule has 11 heteroatoms. The Morgan fingerprint density at radius 1 is 1.06 bits per heavy atom. The van der Waals surface area contributed by atoms with Crippen LogP contribution >= 0.6 is 0 Å². The number of hydrogen-bond donors (Lipinski definition) is 3. The van der Waals surface area contributed by atoms with Crippen LogP contribution in [0.3, 0.4) is 0 Å². The van der Waals surface area contributed by atoms with Crippen LogP contribution in [-0.4, -0.2) is 30.5 Å². The lowest BCUT2D eigenvalue weighted by atomic mass is 10.1. The summed E-state index contributed by atoms with van der Waals surface area (Å²) >= 11 is 0. The maximum Gasteiger partial charge on any atom is 0.459 e. The van der Waals surface area contributed by atoms with Gasteiger partial charge in [-0.3, -0.25) is 5.43 Å². The summed E-state index contributed by atoms with van der Waals surface area (Å²) in [5.41, 5.74) is 6.18. The summed E-state index contributed by atoms with van der Waals surface area (Å²) < 4.78 is 84.2. The summed E-state index contributed by atoms with van der Waals surface area (Å²) in [6.07, 6.45) is -6.38. The van der Waals surface area contributed by atoms with Gasteiger partial charge in [-0.2, -0.15) is 30.7 Å². The lowest BCUT2D eigenvalue weighted by molar-refractivity contribution is -0.351. The van der Waals surface area contributed by atoms with E-state index < -0.39 is 30.5 Å². The molecule has 0 bridgehead atoms. The molecule has 0 aromatic carbocycles. The molecule has 0 aliphatic heterocycles. The highest BCUT2D eigenvalue weighted by Crippen LogP contribution is 2.46. The van der Waals surface area contributed by atoms with Crippen LogP contribution in [0.5, 0.6) is 0 Å². The van der Waals surface area contributed by atoms with Gasteiger partial charge in [0.15, 0.2) is 0 Å². The maximum atomic E-state index is 12.5. The zero-order chi connectivity index (χ0) is 13.2. The summed E-state index contributed by atoms with van der Waals surface area (Å²) in [4.78, 5) is 2.52. The minimum Gasteiger partial charge on any atom is -0.369 e. The third kappa shape index (κ3) is 2.87. The zero-order valence-corrected chi connectivity index (χ0v) is 7.45. The van der Waals surface area contributed by atoms with Crippen LogP contribution in [0.25, 0.3) is 0 Å². The van der Waals surface area contributed by atoms with E-state index in [4.69, 9.17) is 0 Å². The standard InChI is InChI=1S/C5H7F7N4/c6-3(7,1-15-2(13)16-14)4(8,9)5(10,11)12/h1,14H2,(H3,13,15,16). The van der Waals surface area contributed by atoms with E-state index in [9.17, 15) is 30.7 Å². The molecule has 0 aliphatic rings. The molecule has 0 atom stereocenters. The fourth-order valence-corrected chi connectivity index (χ4v) is 0.537. The highest BCUT2D eigenvalue weighted by Gasteiger charge is 2.72. The Kier molecular flexibility index (Phi) is 3.97. The number of halogens is 7. The van der Waals surface area contributed by atoms with Crippen LogP contribution in [0.4, 0.5) is 30.7 Å². The van der Waals surface area contributed by atoms with Crippen molar-refractivity contribution in [2.24, 2.45) is 16.6 Å². The van der Waals surface area contributed by atoms with E-state index in [1.54, 1.807) is 0 Å². The number of rotatable bonds is 3. The van der Waals surface area contributed by atoms with Gasteiger partial charge in [-0.1, -0.05) is 0 Å². The van der Waals surface area contributed by atoms with Crippen LogP contribution in [0.2, 0.25) is 0 Å². The monoisotopic (exact) mass is 256 g/mol. The van der Waals surface area contributed by atoms with E-state index in [0.29, 0.717) is 0 Å². The van der Waals surface area contributed by atoms with Crippen LogP contribution in [-0.2, 0) is 0 Å². The number of aliphatic imine (C=N–C) groups is 1. The maximum absolute atomic E-state index is 12.5. The van der Waals surface area contributed by atoms with Crippen LogP contribution in [0.15, 0.2) is 4.99 Å². The van der Waals surface area contributed by atoms with E-state index in [2.05, 4.69) is 16.6 Å². The molecule has 0 saturated heterocycles. The van der Waals surface area contributed by atoms with Gasteiger partial charge < -0.3 is 5.73 Å². The molecule has 0 heterocycles. The average molecular weight is 256 g/mol. The molecule has 96 valence electrons. The molecule has 4 nitrogen and oxygen atoms in total. The normalized spacial score (nSPS) is 15.1. The summed E-state index contributed by atoms with van der Waals surface area (Å²) in [5.74, 6) is -7.96. The Balaban J connectivity index is 4.92. The number of hydrazine groups is 1. The Morgan fingerprint density at radius 2 is 1.50 bits per heavy atom. The lowest BCUT2D eigenvalue weighted by Gasteiger charge is -2.26. The number of nitrogens with one attached hydrogen (secondary N) is 1. The third-order valence-electron chi connectivity index (χ3n) is 1.41. The zero-order valence-electron chi connectivity index (χ0n) is 7.45. The van der Waals surface area contributed by atoms with Gasteiger partial charge in [0.05, 0.1) is 0 Å². The Labute approximate surface area is 84.5 Å². The summed E-state index contributed by atoms with van der Waals surface area (Å²) in [5, 5.41) is 0. The highest BCUT2D eigenvalue weighted by molar-refractivity contribution is 5.77. The Morgan fingerprint density at radius 3 is 1.81 bits per heavy atom. The molecule has 0 aliphatic carbocycles. The van der Waals surface area contributed by atoms with Gasteiger partial charge >= 0.3 is 18.0 Å². The molecule has 0 aromatic rings. The van der Waals surface area contributed by atoms with E-state index in [0.717, 1.165) is 0 Å². The van der Waals surface area contributed by atoms with Crippen molar-refractivity contribution in [3.63, 3.8) is 0 Å². The molecule has 0 radical (unpaired) electrons. The van der Waals surface area contributed by atoms with E-state index in [1.807, 2.05) is 0 Å². The molecule has 0 spiro atoms. The summed E-state index contributed by atoms with van der Waals surface area (Å²) in [7, 11) is 0. The lowest BCUT2D eigenvalue weighted by Crippen LogP contribution is -2.54. The van der Waals surface area contributed by atoms with Crippen molar-refractivity contribution in [3.8, 4) is 0 Å². The smallest absolute Gasteiger partial charge is 0.369 e. The average Bonchev–Trinajstić information content (AvgIpc) is 2.12. The Hall–Kier alpha value is -1.26. The fourth-order valence-electron chi connectivity index (χ4n) is 0.537. The highest BCUT2D eigenvalue weighted by atomic mass is 19.4. The first-order valence-corrected chi connectivity index (χ1v) is 3.54. The van der Waals surface area contributed by atoms with Gasteiger partial charge in [-0.05, 0) is 0 Å². The first-order chi connectivity index (χ1) is 6.95. The third-order valence-corrected chi connectivity index (χ3v) is 1.41. The predicted octanol–water partition coefficient (Wildman–Crippen LogP) is 0.597. The van der Waals surface area contributed by atoms with Crippen LogP contribution < -0.4 is 17.0 Å². The fraction of sp³-hybridized carbons (Fsp3) is 0.800. The quantitative estimate of drug-likeness (QED) is 0.227. The van der Waals surface area contributed by atoms with Crippen LogP contribution in [0, 0.1) is 0 Å².